The number of aromatic nitrogens is 3. The molecular weight excluding hydrogens is 448 g/mol. The van der Waals surface area contributed by atoms with Crippen molar-refractivity contribution < 1.29 is 19.6 Å². The van der Waals surface area contributed by atoms with Crippen LogP contribution in [0.15, 0.2) is 24.3 Å². The topological polar surface area (TPSA) is 121 Å². The van der Waals surface area contributed by atoms with Gasteiger partial charge in [0.2, 0.25) is 18.2 Å². The first kappa shape index (κ1) is 26.6. The summed E-state index contributed by atoms with van der Waals surface area (Å²) in [6.07, 6.45) is 3.98. The SMILES string of the molecule is CCCC[C@H](CN(O)C=O)C(=O)N[C@H](C(=O)N1CCC(n2nnc3ccccc32)CC1)C(C)(C)C. The normalized spacial score (nSPS) is 16.7. The highest BCUT2D eigenvalue weighted by Gasteiger charge is 2.38. The van der Waals surface area contributed by atoms with Gasteiger partial charge in [0.05, 0.1) is 24.0 Å². The summed E-state index contributed by atoms with van der Waals surface area (Å²) in [7, 11) is 0. The third kappa shape index (κ3) is 6.56. The van der Waals surface area contributed by atoms with E-state index in [2.05, 4.69) is 15.6 Å². The molecule has 2 atom stereocenters. The number of likely N-dealkylation sites (tertiary alicyclic amines) is 1. The van der Waals surface area contributed by atoms with Gasteiger partial charge in [0.15, 0.2) is 0 Å². The number of piperidine rings is 1. The van der Waals surface area contributed by atoms with Gasteiger partial charge in [-0.25, -0.2) is 9.75 Å². The first-order valence-corrected chi connectivity index (χ1v) is 12.5. The van der Waals surface area contributed by atoms with Crippen molar-refractivity contribution in [1.82, 2.24) is 30.3 Å². The quantitative estimate of drug-likeness (QED) is 0.303. The maximum absolute atomic E-state index is 13.6. The Bertz CT molecular complexity index is 1010. The molecule has 0 bridgehead atoms. The molecule has 1 aliphatic heterocycles. The van der Waals surface area contributed by atoms with Crippen LogP contribution < -0.4 is 5.32 Å². The van der Waals surface area contributed by atoms with E-state index in [4.69, 9.17) is 0 Å². The predicted molar refractivity (Wildman–Crippen MR) is 131 cm³/mol. The highest BCUT2D eigenvalue weighted by Crippen LogP contribution is 2.28. The lowest BCUT2D eigenvalue weighted by molar-refractivity contribution is -0.155. The minimum Gasteiger partial charge on any atom is -0.344 e. The summed E-state index contributed by atoms with van der Waals surface area (Å²) < 4.78 is 1.95. The molecule has 10 nitrogen and oxygen atoms in total. The largest absolute Gasteiger partial charge is 0.344 e. The zero-order chi connectivity index (χ0) is 25.6. The van der Waals surface area contributed by atoms with Crippen LogP contribution in [-0.2, 0) is 14.4 Å². The molecule has 0 radical (unpaired) electrons. The smallest absolute Gasteiger partial charge is 0.245 e. The third-order valence-electron chi connectivity index (χ3n) is 6.71. The molecule has 2 heterocycles. The van der Waals surface area contributed by atoms with E-state index < -0.39 is 17.4 Å². The number of nitrogens with zero attached hydrogens (tertiary/aromatic N) is 5. The fourth-order valence-corrected chi connectivity index (χ4v) is 4.60. The third-order valence-corrected chi connectivity index (χ3v) is 6.71. The minimum atomic E-state index is -0.716. The molecular formula is C25H38N6O4. The van der Waals surface area contributed by atoms with Crippen molar-refractivity contribution >= 4 is 29.3 Å². The minimum absolute atomic E-state index is 0.0996. The zero-order valence-corrected chi connectivity index (χ0v) is 21.2. The van der Waals surface area contributed by atoms with Gasteiger partial charge in [0.1, 0.15) is 11.6 Å². The van der Waals surface area contributed by atoms with Gasteiger partial charge in [-0.05, 0) is 36.8 Å². The van der Waals surface area contributed by atoms with Crippen LogP contribution in [0.25, 0.3) is 11.0 Å². The van der Waals surface area contributed by atoms with Gasteiger partial charge in [0.25, 0.3) is 0 Å². The lowest BCUT2D eigenvalue weighted by Gasteiger charge is -2.38. The summed E-state index contributed by atoms with van der Waals surface area (Å²) in [5, 5.41) is 21.7. The fourth-order valence-electron chi connectivity index (χ4n) is 4.60. The summed E-state index contributed by atoms with van der Waals surface area (Å²) in [6.45, 7) is 8.82. The van der Waals surface area contributed by atoms with Crippen molar-refractivity contribution in [2.24, 2.45) is 11.3 Å². The van der Waals surface area contributed by atoms with Crippen LogP contribution in [0.1, 0.15) is 65.8 Å². The summed E-state index contributed by atoms with van der Waals surface area (Å²) >= 11 is 0. The van der Waals surface area contributed by atoms with Gasteiger partial charge in [-0.15, -0.1) is 5.10 Å². The number of hydrogen-bond donors (Lipinski definition) is 2. The lowest BCUT2D eigenvalue weighted by Crippen LogP contribution is -2.57. The summed E-state index contributed by atoms with van der Waals surface area (Å²) in [5.74, 6) is -1.02. The van der Waals surface area contributed by atoms with Gasteiger partial charge in [-0.3, -0.25) is 19.6 Å². The second-order valence-corrected chi connectivity index (χ2v) is 10.5. The van der Waals surface area contributed by atoms with E-state index in [9.17, 15) is 19.6 Å². The van der Waals surface area contributed by atoms with Gasteiger partial charge < -0.3 is 10.2 Å². The average molecular weight is 487 g/mol. The van der Waals surface area contributed by atoms with Crippen molar-refractivity contribution in [2.75, 3.05) is 19.6 Å². The standard InChI is InChI=1S/C25H38N6O4/c1-5-6-9-18(16-30(35)17-32)23(33)26-22(25(2,3)4)24(34)29-14-12-19(13-15-29)31-21-11-8-7-10-20(21)27-28-31/h7-8,10-11,17-19,22,35H,5-6,9,12-16H2,1-4H3,(H,26,33)/t18-,22-/m1/s1. The molecule has 1 fully saturated rings. The monoisotopic (exact) mass is 486 g/mol. The molecule has 0 unspecified atom stereocenters. The highest BCUT2D eigenvalue weighted by molar-refractivity contribution is 5.89. The summed E-state index contributed by atoms with van der Waals surface area (Å²) in [6, 6.07) is 7.29. The van der Waals surface area contributed by atoms with Crippen molar-refractivity contribution in [2.45, 2.75) is 71.9 Å². The Hall–Kier alpha value is -3.01. The van der Waals surface area contributed by atoms with E-state index in [1.807, 2.05) is 61.5 Å². The molecule has 192 valence electrons. The van der Waals surface area contributed by atoms with E-state index in [-0.39, 0.29) is 24.4 Å². The van der Waals surface area contributed by atoms with Crippen LogP contribution in [0.4, 0.5) is 0 Å². The van der Waals surface area contributed by atoms with E-state index >= 15 is 0 Å². The van der Waals surface area contributed by atoms with Crippen molar-refractivity contribution in [3.8, 4) is 0 Å². The Morgan fingerprint density at radius 2 is 1.94 bits per heavy atom. The molecule has 1 saturated heterocycles. The van der Waals surface area contributed by atoms with Gasteiger partial charge in [-0.1, -0.05) is 57.9 Å². The number of carbonyl (C=O) groups excluding carboxylic acids is 3. The Balaban J connectivity index is 1.67. The number of benzene rings is 1. The number of para-hydroxylation sites is 1. The molecule has 1 aromatic carbocycles. The van der Waals surface area contributed by atoms with Crippen LogP contribution in [0.5, 0.6) is 0 Å². The van der Waals surface area contributed by atoms with E-state index in [0.29, 0.717) is 31.0 Å². The molecule has 1 aromatic heterocycles. The fraction of sp³-hybridized carbons (Fsp3) is 0.640. The molecule has 0 spiro atoms. The number of fused-ring (bicyclic) bond motifs is 1. The average Bonchev–Trinajstić information content (AvgIpc) is 3.28. The summed E-state index contributed by atoms with van der Waals surface area (Å²) in [5.41, 5.74) is 1.34. The number of nitrogens with one attached hydrogen (secondary N) is 1. The molecule has 10 heteroatoms. The van der Waals surface area contributed by atoms with E-state index in [1.54, 1.807) is 0 Å². The molecule has 2 N–H and O–H groups in total. The maximum Gasteiger partial charge on any atom is 0.245 e. The van der Waals surface area contributed by atoms with Crippen molar-refractivity contribution in [3.63, 3.8) is 0 Å². The van der Waals surface area contributed by atoms with Gasteiger partial charge in [-0.2, -0.15) is 0 Å². The van der Waals surface area contributed by atoms with E-state index in [1.165, 1.54) is 0 Å². The molecule has 2 aromatic rings. The van der Waals surface area contributed by atoms with Crippen LogP contribution in [0.3, 0.4) is 0 Å². The lowest BCUT2D eigenvalue weighted by atomic mass is 9.84. The first-order chi connectivity index (χ1) is 16.7. The first-order valence-electron chi connectivity index (χ1n) is 12.5. The Morgan fingerprint density at radius 3 is 2.57 bits per heavy atom. The number of rotatable bonds is 10. The number of hydroxylamine groups is 2. The molecule has 3 rings (SSSR count). The number of amides is 3. The predicted octanol–water partition coefficient (Wildman–Crippen LogP) is 2.78. The van der Waals surface area contributed by atoms with Gasteiger partial charge >= 0.3 is 0 Å². The molecule has 3 amide bonds. The van der Waals surface area contributed by atoms with Crippen molar-refractivity contribution in [1.29, 1.82) is 0 Å². The zero-order valence-electron chi connectivity index (χ0n) is 21.2. The van der Waals surface area contributed by atoms with Gasteiger partial charge in [0, 0.05) is 13.1 Å². The molecule has 35 heavy (non-hydrogen) atoms. The maximum atomic E-state index is 13.6. The number of hydrogen-bond acceptors (Lipinski definition) is 6. The van der Waals surface area contributed by atoms with Crippen LogP contribution in [-0.4, -0.2) is 74.1 Å². The van der Waals surface area contributed by atoms with Crippen molar-refractivity contribution in [3.05, 3.63) is 24.3 Å². The second kappa shape index (κ2) is 11.6. The molecule has 0 saturated carbocycles. The van der Waals surface area contributed by atoms with Crippen LogP contribution in [0, 0.1) is 11.3 Å². The Morgan fingerprint density at radius 1 is 1.26 bits per heavy atom. The van der Waals surface area contributed by atoms with Crippen LogP contribution >= 0.6 is 0 Å². The number of unbranched alkanes of at least 4 members (excludes halogenated alkanes) is 1. The molecule has 1 aliphatic rings. The second-order valence-electron chi connectivity index (χ2n) is 10.5. The Kier molecular flexibility index (Phi) is 8.82. The van der Waals surface area contributed by atoms with E-state index in [0.717, 1.165) is 36.7 Å². The number of carbonyl (C=O) groups is 3. The van der Waals surface area contributed by atoms with Crippen LogP contribution in [0.2, 0.25) is 0 Å². The Labute approximate surface area is 206 Å². The highest BCUT2D eigenvalue weighted by atomic mass is 16.5. The summed E-state index contributed by atoms with van der Waals surface area (Å²) in [4.78, 5) is 39.4. The molecule has 0 aliphatic carbocycles.